The lowest BCUT2D eigenvalue weighted by Gasteiger charge is -2.42. The smallest absolute Gasteiger partial charge is 0.407 e. The van der Waals surface area contributed by atoms with Crippen molar-refractivity contribution in [2.24, 2.45) is 5.92 Å². The molecule has 0 spiro atoms. The molecular weight excluding hydrogens is 370 g/mol. The molecule has 1 atom stereocenters. The average Bonchev–Trinajstić information content (AvgIpc) is 2.98. The summed E-state index contributed by atoms with van der Waals surface area (Å²) in [4.78, 5) is 23.8. The van der Waals surface area contributed by atoms with Crippen LogP contribution >= 0.6 is 11.6 Å². The van der Waals surface area contributed by atoms with E-state index in [0.717, 1.165) is 5.39 Å². The quantitative estimate of drug-likeness (QED) is 0.690. The van der Waals surface area contributed by atoms with E-state index in [9.17, 15) is 9.90 Å². The Morgan fingerprint density at radius 3 is 2.85 bits per heavy atom. The predicted octanol–water partition coefficient (Wildman–Crippen LogP) is 3.44. The molecule has 0 saturated carbocycles. The zero-order valence-electron chi connectivity index (χ0n) is 15.0. The number of piperazine rings is 1. The Labute approximate surface area is 160 Å². The van der Waals surface area contributed by atoms with Crippen LogP contribution < -0.4 is 10.6 Å². The number of nitrogens with two attached hydrogens (primary N) is 1. The Morgan fingerprint density at radius 1 is 1.37 bits per heavy atom. The lowest BCUT2D eigenvalue weighted by Crippen LogP contribution is -2.57. The summed E-state index contributed by atoms with van der Waals surface area (Å²) in [5.41, 5.74) is 7.76. The van der Waals surface area contributed by atoms with Crippen LogP contribution in [-0.4, -0.2) is 51.7 Å². The molecule has 27 heavy (non-hydrogen) atoms. The molecule has 1 aromatic carbocycles. The first-order chi connectivity index (χ1) is 12.8. The van der Waals surface area contributed by atoms with Crippen LogP contribution in [0.15, 0.2) is 22.6 Å². The number of carboxylic acid groups (broad SMARTS) is 1. The van der Waals surface area contributed by atoms with Crippen molar-refractivity contribution in [2.45, 2.75) is 19.9 Å². The van der Waals surface area contributed by atoms with Crippen LogP contribution in [0, 0.1) is 5.92 Å². The molecule has 0 aliphatic carbocycles. The van der Waals surface area contributed by atoms with Crippen LogP contribution in [0.3, 0.4) is 0 Å². The summed E-state index contributed by atoms with van der Waals surface area (Å²) in [5.74, 6) is 0.885. The topological polar surface area (TPSA) is 109 Å². The highest BCUT2D eigenvalue weighted by atomic mass is 35.5. The minimum Gasteiger partial charge on any atom is -0.465 e. The Balaban J connectivity index is 1.82. The minimum absolute atomic E-state index is 0.141. The SMILES string of the molecule is CC(C)[C@H]1CN(c2nc(N)nc3c2oc2ccc(Cl)cc23)CCN1C(=O)O. The molecule has 1 aliphatic heterocycles. The summed E-state index contributed by atoms with van der Waals surface area (Å²) < 4.78 is 6.01. The van der Waals surface area contributed by atoms with Gasteiger partial charge in [-0.1, -0.05) is 25.4 Å². The molecule has 1 amide bonds. The fraction of sp³-hybridized carbons (Fsp3) is 0.389. The van der Waals surface area contributed by atoms with Gasteiger partial charge >= 0.3 is 6.09 Å². The summed E-state index contributed by atoms with van der Waals surface area (Å²) in [6, 6.07) is 5.18. The van der Waals surface area contributed by atoms with Gasteiger partial charge in [0.25, 0.3) is 0 Å². The number of fused-ring (bicyclic) bond motifs is 3. The molecule has 1 fully saturated rings. The van der Waals surface area contributed by atoms with Gasteiger partial charge in [-0.15, -0.1) is 0 Å². The molecular formula is C18H20ClN5O3. The van der Waals surface area contributed by atoms with Gasteiger partial charge in [0.15, 0.2) is 11.4 Å². The maximum absolute atomic E-state index is 11.6. The van der Waals surface area contributed by atoms with Crippen LogP contribution in [0.5, 0.6) is 0 Å². The zero-order valence-corrected chi connectivity index (χ0v) is 15.8. The fourth-order valence-corrected chi connectivity index (χ4v) is 3.82. The van der Waals surface area contributed by atoms with Gasteiger partial charge in [0, 0.05) is 30.0 Å². The second kappa shape index (κ2) is 6.45. The van der Waals surface area contributed by atoms with E-state index in [1.54, 1.807) is 18.2 Å². The van der Waals surface area contributed by atoms with E-state index in [-0.39, 0.29) is 17.9 Å². The van der Waals surface area contributed by atoms with Gasteiger partial charge in [-0.3, -0.25) is 0 Å². The van der Waals surface area contributed by atoms with Gasteiger partial charge < -0.3 is 25.1 Å². The zero-order chi connectivity index (χ0) is 19.3. The largest absolute Gasteiger partial charge is 0.465 e. The highest BCUT2D eigenvalue weighted by Gasteiger charge is 2.34. The first-order valence-corrected chi connectivity index (χ1v) is 9.12. The van der Waals surface area contributed by atoms with Crippen LogP contribution in [0.2, 0.25) is 5.02 Å². The monoisotopic (exact) mass is 389 g/mol. The van der Waals surface area contributed by atoms with Crippen molar-refractivity contribution in [3.63, 3.8) is 0 Å². The lowest BCUT2D eigenvalue weighted by atomic mass is 10.00. The minimum atomic E-state index is -0.904. The molecule has 2 aromatic heterocycles. The first-order valence-electron chi connectivity index (χ1n) is 8.75. The van der Waals surface area contributed by atoms with Crippen molar-refractivity contribution >= 4 is 51.5 Å². The number of aromatic nitrogens is 2. The number of furan rings is 1. The second-order valence-electron chi connectivity index (χ2n) is 7.06. The summed E-state index contributed by atoms with van der Waals surface area (Å²) in [6.45, 7) is 5.41. The molecule has 9 heteroatoms. The van der Waals surface area contributed by atoms with Crippen molar-refractivity contribution in [3.05, 3.63) is 23.2 Å². The van der Waals surface area contributed by atoms with Gasteiger partial charge in [0.1, 0.15) is 11.1 Å². The molecule has 3 heterocycles. The van der Waals surface area contributed by atoms with Gasteiger partial charge in [0.2, 0.25) is 5.95 Å². The Kier molecular flexibility index (Phi) is 4.22. The number of amides is 1. The highest BCUT2D eigenvalue weighted by molar-refractivity contribution is 6.31. The third kappa shape index (κ3) is 2.99. The number of hydrogen-bond acceptors (Lipinski definition) is 6. The number of carbonyl (C=O) groups is 1. The van der Waals surface area contributed by atoms with Crippen molar-refractivity contribution in [1.29, 1.82) is 0 Å². The van der Waals surface area contributed by atoms with Crippen molar-refractivity contribution in [2.75, 3.05) is 30.3 Å². The third-order valence-corrected chi connectivity index (χ3v) is 5.24. The molecule has 4 rings (SSSR count). The van der Waals surface area contributed by atoms with E-state index in [4.69, 9.17) is 21.8 Å². The van der Waals surface area contributed by atoms with Gasteiger partial charge in [-0.25, -0.2) is 9.78 Å². The van der Waals surface area contributed by atoms with E-state index in [2.05, 4.69) is 9.97 Å². The van der Waals surface area contributed by atoms with E-state index in [1.807, 2.05) is 18.7 Å². The standard InChI is InChI=1S/C18H20ClN5O3/c1-9(2)12-8-23(5-6-24(12)18(25)26)16-15-14(21-17(20)22-16)11-7-10(19)3-4-13(11)27-15/h3-4,7,9,12H,5-6,8H2,1-2H3,(H,25,26)(H2,20,21,22)/t12-/m1/s1. The highest BCUT2D eigenvalue weighted by Crippen LogP contribution is 2.35. The van der Waals surface area contributed by atoms with E-state index < -0.39 is 6.09 Å². The molecule has 3 N–H and O–H groups in total. The molecule has 0 radical (unpaired) electrons. The lowest BCUT2D eigenvalue weighted by molar-refractivity contribution is 0.102. The summed E-state index contributed by atoms with van der Waals surface area (Å²) in [5, 5.41) is 10.8. The van der Waals surface area contributed by atoms with E-state index >= 15 is 0 Å². The Morgan fingerprint density at radius 2 is 2.15 bits per heavy atom. The second-order valence-corrected chi connectivity index (χ2v) is 7.50. The van der Waals surface area contributed by atoms with Crippen LogP contribution in [0.1, 0.15) is 13.8 Å². The molecule has 0 unspecified atom stereocenters. The van der Waals surface area contributed by atoms with Crippen LogP contribution in [-0.2, 0) is 0 Å². The van der Waals surface area contributed by atoms with Gasteiger partial charge in [0.05, 0.1) is 6.04 Å². The molecule has 0 bridgehead atoms. The fourth-order valence-electron chi connectivity index (χ4n) is 3.64. The molecule has 1 saturated heterocycles. The summed E-state index contributed by atoms with van der Waals surface area (Å²) >= 11 is 6.12. The number of rotatable bonds is 2. The number of hydrogen-bond donors (Lipinski definition) is 2. The van der Waals surface area contributed by atoms with E-state index in [0.29, 0.717) is 47.2 Å². The number of benzene rings is 1. The van der Waals surface area contributed by atoms with Gasteiger partial charge in [-0.05, 0) is 24.1 Å². The number of nitrogens with zero attached hydrogens (tertiary/aromatic N) is 4. The van der Waals surface area contributed by atoms with Crippen molar-refractivity contribution < 1.29 is 14.3 Å². The Hall–Kier alpha value is -2.74. The molecule has 1 aliphatic rings. The molecule has 8 nitrogen and oxygen atoms in total. The number of anilines is 2. The van der Waals surface area contributed by atoms with Crippen molar-refractivity contribution in [1.82, 2.24) is 14.9 Å². The summed E-state index contributed by atoms with van der Waals surface area (Å²) in [7, 11) is 0. The number of nitrogen functional groups attached to an aromatic ring is 1. The number of halogens is 1. The summed E-state index contributed by atoms with van der Waals surface area (Å²) in [6.07, 6.45) is -0.904. The predicted molar refractivity (Wildman–Crippen MR) is 104 cm³/mol. The maximum Gasteiger partial charge on any atom is 0.407 e. The third-order valence-electron chi connectivity index (χ3n) is 5.01. The molecule has 142 valence electrons. The maximum atomic E-state index is 11.6. The van der Waals surface area contributed by atoms with Crippen LogP contribution in [0.4, 0.5) is 16.6 Å². The Bertz CT molecular complexity index is 1030. The molecule has 3 aromatic rings. The van der Waals surface area contributed by atoms with Crippen molar-refractivity contribution in [3.8, 4) is 0 Å². The van der Waals surface area contributed by atoms with Gasteiger partial charge in [-0.2, -0.15) is 4.98 Å². The average molecular weight is 390 g/mol. The normalized spacial score (nSPS) is 18.0. The first kappa shape index (κ1) is 17.7. The van der Waals surface area contributed by atoms with E-state index in [1.165, 1.54) is 4.90 Å². The van der Waals surface area contributed by atoms with Crippen LogP contribution in [0.25, 0.3) is 22.1 Å².